The van der Waals surface area contributed by atoms with Crippen LogP contribution in [0.4, 0.5) is 19.0 Å². The van der Waals surface area contributed by atoms with E-state index in [1.54, 1.807) is 0 Å². The van der Waals surface area contributed by atoms with Crippen LogP contribution in [0, 0.1) is 0 Å². The predicted octanol–water partition coefficient (Wildman–Crippen LogP) is 2.02. The maximum absolute atomic E-state index is 11.8. The van der Waals surface area contributed by atoms with Crippen molar-refractivity contribution < 1.29 is 18.0 Å². The van der Waals surface area contributed by atoms with Crippen LogP contribution in [0.3, 0.4) is 0 Å². The molecular weight excluding hydrogens is 235 g/mol. The van der Waals surface area contributed by atoms with Gasteiger partial charge in [-0.1, -0.05) is 11.6 Å². The van der Waals surface area contributed by atoms with Crippen molar-refractivity contribution in [2.75, 3.05) is 5.32 Å². The molecule has 1 heterocycles. The third-order valence-electron chi connectivity index (χ3n) is 1.26. The lowest BCUT2D eigenvalue weighted by Gasteiger charge is -2.06. The van der Waals surface area contributed by atoms with Gasteiger partial charge in [-0.05, 0) is 12.1 Å². The molecule has 1 N–H and O–H groups in total. The van der Waals surface area contributed by atoms with Gasteiger partial charge in [-0.25, -0.2) is 0 Å². The van der Waals surface area contributed by atoms with Crippen molar-refractivity contribution in [1.29, 1.82) is 0 Å². The van der Waals surface area contributed by atoms with Gasteiger partial charge in [-0.15, -0.1) is 10.2 Å². The first kappa shape index (κ1) is 11.7. The lowest BCUT2D eigenvalue weighted by molar-refractivity contribution is -0.150. The zero-order valence-electron chi connectivity index (χ0n) is 7.18. The SMILES string of the molecule is O=C(CC(F)(F)F)Nc1ccc(Cl)nn1. The van der Waals surface area contributed by atoms with Gasteiger partial charge in [0.25, 0.3) is 0 Å². The number of hydrogen-bond acceptors (Lipinski definition) is 3. The molecule has 0 aliphatic heterocycles. The molecule has 0 atom stereocenters. The minimum atomic E-state index is -4.54. The van der Waals surface area contributed by atoms with Crippen molar-refractivity contribution in [3.05, 3.63) is 17.3 Å². The van der Waals surface area contributed by atoms with Crippen molar-refractivity contribution >= 4 is 23.3 Å². The minimum Gasteiger partial charge on any atom is -0.309 e. The van der Waals surface area contributed by atoms with Crippen molar-refractivity contribution in [3.63, 3.8) is 0 Å². The summed E-state index contributed by atoms with van der Waals surface area (Å²) in [6.07, 6.45) is -6.10. The molecule has 15 heavy (non-hydrogen) atoms. The minimum absolute atomic E-state index is 0.0753. The summed E-state index contributed by atoms with van der Waals surface area (Å²) >= 11 is 5.39. The van der Waals surface area contributed by atoms with Gasteiger partial charge >= 0.3 is 6.18 Å². The van der Waals surface area contributed by atoms with E-state index in [0.29, 0.717) is 0 Å². The number of hydrogen-bond donors (Lipinski definition) is 1. The van der Waals surface area contributed by atoms with E-state index in [0.717, 1.165) is 0 Å². The molecule has 82 valence electrons. The van der Waals surface area contributed by atoms with Crippen LogP contribution in [0.1, 0.15) is 6.42 Å². The number of anilines is 1. The highest BCUT2D eigenvalue weighted by Crippen LogP contribution is 2.19. The van der Waals surface area contributed by atoms with Gasteiger partial charge in [0.15, 0.2) is 11.0 Å². The summed E-state index contributed by atoms with van der Waals surface area (Å²) in [4.78, 5) is 10.8. The molecule has 0 aromatic carbocycles. The van der Waals surface area contributed by atoms with Crippen LogP contribution in [0.25, 0.3) is 0 Å². The summed E-state index contributed by atoms with van der Waals surface area (Å²) in [6.45, 7) is 0. The molecule has 0 fully saturated rings. The Hall–Kier alpha value is -1.37. The molecule has 8 heteroatoms. The van der Waals surface area contributed by atoms with Crippen LogP contribution in [0.2, 0.25) is 5.15 Å². The monoisotopic (exact) mass is 239 g/mol. The first-order valence-corrected chi connectivity index (χ1v) is 4.10. The van der Waals surface area contributed by atoms with Gasteiger partial charge in [0.1, 0.15) is 6.42 Å². The number of nitrogens with zero attached hydrogens (tertiary/aromatic N) is 2. The van der Waals surface area contributed by atoms with E-state index >= 15 is 0 Å². The van der Waals surface area contributed by atoms with Gasteiger partial charge in [0, 0.05) is 0 Å². The Labute approximate surface area is 87.4 Å². The van der Waals surface area contributed by atoms with E-state index in [-0.39, 0.29) is 11.0 Å². The molecule has 0 spiro atoms. The topological polar surface area (TPSA) is 54.9 Å². The number of nitrogens with one attached hydrogen (secondary N) is 1. The smallest absolute Gasteiger partial charge is 0.309 e. The van der Waals surface area contributed by atoms with Gasteiger partial charge in [-0.2, -0.15) is 13.2 Å². The average Bonchev–Trinajstić information content (AvgIpc) is 2.05. The van der Waals surface area contributed by atoms with Crippen molar-refractivity contribution in [3.8, 4) is 0 Å². The fourth-order valence-corrected chi connectivity index (χ4v) is 0.853. The second-order valence-electron chi connectivity index (χ2n) is 2.58. The Morgan fingerprint density at radius 3 is 2.53 bits per heavy atom. The highest BCUT2D eigenvalue weighted by atomic mass is 35.5. The molecule has 1 aromatic rings. The van der Waals surface area contributed by atoms with Crippen molar-refractivity contribution in [2.24, 2.45) is 0 Å². The quantitative estimate of drug-likeness (QED) is 0.859. The lowest BCUT2D eigenvalue weighted by Crippen LogP contribution is -2.21. The summed E-state index contributed by atoms with van der Waals surface area (Å²) in [7, 11) is 0. The zero-order valence-corrected chi connectivity index (χ0v) is 7.93. The molecule has 1 rings (SSSR count). The summed E-state index contributed by atoms with van der Waals surface area (Å²) in [6, 6.07) is 2.56. The molecule has 0 bridgehead atoms. The molecule has 0 aliphatic rings. The Morgan fingerprint density at radius 1 is 1.40 bits per heavy atom. The first-order chi connectivity index (χ1) is 6.87. The molecule has 0 radical (unpaired) electrons. The van der Waals surface area contributed by atoms with E-state index in [9.17, 15) is 18.0 Å². The highest BCUT2D eigenvalue weighted by molar-refractivity contribution is 6.29. The average molecular weight is 240 g/mol. The van der Waals surface area contributed by atoms with Crippen LogP contribution in [0.5, 0.6) is 0 Å². The van der Waals surface area contributed by atoms with Crippen LogP contribution in [0.15, 0.2) is 12.1 Å². The third-order valence-corrected chi connectivity index (χ3v) is 1.46. The normalized spacial score (nSPS) is 11.2. The molecular formula is C7H5ClF3N3O. The van der Waals surface area contributed by atoms with Gasteiger partial charge < -0.3 is 5.32 Å². The number of amides is 1. The lowest BCUT2D eigenvalue weighted by atomic mass is 10.4. The number of alkyl halides is 3. The van der Waals surface area contributed by atoms with Crippen molar-refractivity contribution in [2.45, 2.75) is 12.6 Å². The maximum Gasteiger partial charge on any atom is 0.397 e. The van der Waals surface area contributed by atoms with Crippen molar-refractivity contribution in [1.82, 2.24) is 10.2 Å². The van der Waals surface area contributed by atoms with E-state index in [4.69, 9.17) is 11.6 Å². The summed E-state index contributed by atoms with van der Waals surface area (Å²) in [5.41, 5.74) is 0. The van der Waals surface area contributed by atoms with E-state index < -0.39 is 18.5 Å². The standard InChI is InChI=1S/C7H5ClF3N3O/c8-4-1-2-5(14-13-4)12-6(15)3-7(9,10)11/h1-2H,3H2,(H,12,14,15). The molecule has 4 nitrogen and oxygen atoms in total. The van der Waals surface area contributed by atoms with Gasteiger partial charge in [0.05, 0.1) is 0 Å². The van der Waals surface area contributed by atoms with E-state index in [1.165, 1.54) is 12.1 Å². The van der Waals surface area contributed by atoms with Crippen LogP contribution in [-0.2, 0) is 4.79 Å². The van der Waals surface area contributed by atoms with Crippen LogP contribution < -0.4 is 5.32 Å². The second-order valence-corrected chi connectivity index (χ2v) is 2.97. The number of carbonyl (C=O) groups excluding carboxylic acids is 1. The zero-order chi connectivity index (χ0) is 11.5. The second kappa shape index (κ2) is 4.43. The predicted molar refractivity (Wildman–Crippen MR) is 46.3 cm³/mol. The molecule has 0 unspecified atom stereocenters. The largest absolute Gasteiger partial charge is 0.397 e. The third kappa shape index (κ3) is 4.59. The number of halogens is 4. The Balaban J connectivity index is 2.55. The highest BCUT2D eigenvalue weighted by Gasteiger charge is 2.31. The Morgan fingerprint density at radius 2 is 2.07 bits per heavy atom. The molecule has 1 amide bonds. The maximum atomic E-state index is 11.8. The molecule has 0 saturated heterocycles. The number of rotatable bonds is 2. The summed E-state index contributed by atoms with van der Waals surface area (Å²) < 4.78 is 35.3. The van der Waals surface area contributed by atoms with Crippen LogP contribution in [-0.4, -0.2) is 22.3 Å². The van der Waals surface area contributed by atoms with Gasteiger partial charge in [-0.3, -0.25) is 4.79 Å². The Kier molecular flexibility index (Phi) is 3.46. The molecule has 0 saturated carbocycles. The number of carbonyl (C=O) groups is 1. The van der Waals surface area contributed by atoms with Gasteiger partial charge in [0.2, 0.25) is 5.91 Å². The van der Waals surface area contributed by atoms with E-state index in [1.807, 2.05) is 5.32 Å². The fourth-order valence-electron chi connectivity index (χ4n) is 0.752. The Bertz CT molecular complexity index is 351. The number of aromatic nitrogens is 2. The molecule has 1 aromatic heterocycles. The summed E-state index contributed by atoms with van der Waals surface area (Å²) in [5.74, 6) is -1.27. The fraction of sp³-hybridized carbons (Fsp3) is 0.286. The van der Waals surface area contributed by atoms with Crippen LogP contribution >= 0.6 is 11.6 Å². The summed E-state index contributed by atoms with van der Waals surface area (Å²) in [5, 5.41) is 8.74. The molecule has 0 aliphatic carbocycles. The van der Waals surface area contributed by atoms with E-state index in [2.05, 4.69) is 10.2 Å². The first-order valence-electron chi connectivity index (χ1n) is 3.73.